The minimum atomic E-state index is -0.590. The van der Waals surface area contributed by atoms with E-state index in [9.17, 15) is 14.0 Å². The molecule has 7 heteroatoms. The first-order valence-electron chi connectivity index (χ1n) is 7.19. The van der Waals surface area contributed by atoms with Gasteiger partial charge in [-0.1, -0.05) is 17.3 Å². The topological polar surface area (TPSA) is 75.4 Å². The van der Waals surface area contributed by atoms with Gasteiger partial charge in [-0.05, 0) is 19.1 Å². The molecule has 1 N–H and O–H groups in total. The molecule has 0 fully saturated rings. The molecular weight excluding hydrogens is 301 g/mol. The van der Waals surface area contributed by atoms with Gasteiger partial charge < -0.3 is 14.7 Å². The third-order valence-electron chi connectivity index (χ3n) is 3.60. The van der Waals surface area contributed by atoms with E-state index in [0.717, 1.165) is 0 Å². The van der Waals surface area contributed by atoms with Gasteiger partial charge in [0.05, 0.1) is 11.6 Å². The number of amides is 2. The van der Waals surface area contributed by atoms with Crippen molar-refractivity contribution in [2.24, 2.45) is 0 Å². The van der Waals surface area contributed by atoms with Gasteiger partial charge in [-0.25, -0.2) is 4.39 Å². The number of carbonyl (C=O) groups is 2. The number of hydrogen-bond acceptors (Lipinski definition) is 4. The fourth-order valence-electron chi connectivity index (χ4n) is 2.05. The SMILES string of the molecule is C[C@H](c1ccon1)N(C)C(=O)CCNC(=O)c1ccccc1F. The first kappa shape index (κ1) is 16.7. The summed E-state index contributed by atoms with van der Waals surface area (Å²) in [6.07, 6.45) is 1.55. The summed E-state index contributed by atoms with van der Waals surface area (Å²) >= 11 is 0. The van der Waals surface area contributed by atoms with Crippen molar-refractivity contribution in [1.82, 2.24) is 15.4 Å². The largest absolute Gasteiger partial charge is 0.364 e. The smallest absolute Gasteiger partial charge is 0.254 e. The van der Waals surface area contributed by atoms with E-state index < -0.39 is 11.7 Å². The van der Waals surface area contributed by atoms with Crippen LogP contribution in [0.2, 0.25) is 0 Å². The molecule has 2 aromatic rings. The molecule has 23 heavy (non-hydrogen) atoms. The minimum absolute atomic E-state index is 0.0377. The highest BCUT2D eigenvalue weighted by atomic mass is 19.1. The number of nitrogens with zero attached hydrogens (tertiary/aromatic N) is 2. The quantitative estimate of drug-likeness (QED) is 0.885. The minimum Gasteiger partial charge on any atom is -0.364 e. The fourth-order valence-corrected chi connectivity index (χ4v) is 2.05. The van der Waals surface area contributed by atoms with Crippen LogP contribution in [0.25, 0.3) is 0 Å². The Morgan fingerprint density at radius 3 is 2.74 bits per heavy atom. The maximum atomic E-state index is 13.5. The van der Waals surface area contributed by atoms with Gasteiger partial charge in [0.1, 0.15) is 17.8 Å². The summed E-state index contributed by atoms with van der Waals surface area (Å²) in [6, 6.07) is 7.16. The Morgan fingerprint density at radius 2 is 2.09 bits per heavy atom. The Kier molecular flexibility index (Phi) is 5.46. The average molecular weight is 319 g/mol. The lowest BCUT2D eigenvalue weighted by Gasteiger charge is -2.23. The summed E-state index contributed by atoms with van der Waals surface area (Å²) in [5.74, 6) is -1.29. The van der Waals surface area contributed by atoms with Crippen LogP contribution in [0.5, 0.6) is 0 Å². The molecule has 122 valence electrons. The molecule has 1 heterocycles. The van der Waals surface area contributed by atoms with Gasteiger partial charge in [-0.15, -0.1) is 0 Å². The second kappa shape index (κ2) is 7.53. The Morgan fingerprint density at radius 1 is 1.35 bits per heavy atom. The standard InChI is InChI=1S/C16H18FN3O3/c1-11(14-8-10-23-19-14)20(2)15(21)7-9-18-16(22)12-5-3-4-6-13(12)17/h3-6,8,10-11H,7,9H2,1-2H3,(H,18,22)/t11-/m1/s1. The van der Waals surface area contributed by atoms with E-state index >= 15 is 0 Å². The van der Waals surface area contributed by atoms with Crippen LogP contribution in [0.1, 0.15) is 35.4 Å². The zero-order chi connectivity index (χ0) is 16.8. The van der Waals surface area contributed by atoms with E-state index in [1.165, 1.54) is 29.4 Å². The maximum absolute atomic E-state index is 13.5. The van der Waals surface area contributed by atoms with Crippen LogP contribution in [0.15, 0.2) is 41.1 Å². The Hall–Kier alpha value is -2.70. The van der Waals surface area contributed by atoms with Crippen LogP contribution < -0.4 is 5.32 Å². The second-order valence-corrected chi connectivity index (χ2v) is 5.09. The van der Waals surface area contributed by atoms with Gasteiger partial charge >= 0.3 is 0 Å². The summed E-state index contributed by atoms with van der Waals surface area (Å²) in [7, 11) is 1.65. The predicted octanol–water partition coefficient (Wildman–Crippen LogP) is 2.15. The van der Waals surface area contributed by atoms with Crippen molar-refractivity contribution in [3.05, 3.63) is 53.7 Å². The van der Waals surface area contributed by atoms with Crippen LogP contribution in [-0.2, 0) is 4.79 Å². The summed E-state index contributed by atoms with van der Waals surface area (Å²) in [4.78, 5) is 25.5. The van der Waals surface area contributed by atoms with Gasteiger partial charge in [0.25, 0.3) is 5.91 Å². The van der Waals surface area contributed by atoms with E-state index in [1.807, 2.05) is 6.92 Å². The second-order valence-electron chi connectivity index (χ2n) is 5.09. The summed E-state index contributed by atoms with van der Waals surface area (Å²) < 4.78 is 18.2. The molecule has 1 aromatic carbocycles. The first-order valence-corrected chi connectivity index (χ1v) is 7.19. The van der Waals surface area contributed by atoms with Crippen LogP contribution in [0.4, 0.5) is 4.39 Å². The molecule has 0 aliphatic rings. The molecule has 0 saturated carbocycles. The summed E-state index contributed by atoms with van der Waals surface area (Å²) in [6.45, 7) is 1.95. The number of hydrogen-bond donors (Lipinski definition) is 1. The Bertz CT molecular complexity index is 673. The lowest BCUT2D eigenvalue weighted by Crippen LogP contribution is -2.34. The van der Waals surface area contributed by atoms with Crippen molar-refractivity contribution in [2.45, 2.75) is 19.4 Å². The van der Waals surface area contributed by atoms with Gasteiger partial charge in [0.2, 0.25) is 5.91 Å². The van der Waals surface area contributed by atoms with Crippen molar-refractivity contribution >= 4 is 11.8 Å². The van der Waals surface area contributed by atoms with Crippen LogP contribution in [0, 0.1) is 5.82 Å². The lowest BCUT2D eigenvalue weighted by molar-refractivity contribution is -0.131. The van der Waals surface area contributed by atoms with Crippen LogP contribution in [0.3, 0.4) is 0 Å². The average Bonchev–Trinajstić information content (AvgIpc) is 3.08. The zero-order valence-electron chi connectivity index (χ0n) is 13.0. The number of rotatable bonds is 6. The van der Waals surface area contributed by atoms with E-state index in [4.69, 9.17) is 4.52 Å². The van der Waals surface area contributed by atoms with Gasteiger partial charge in [0, 0.05) is 26.1 Å². The molecule has 2 amide bonds. The fraction of sp³-hybridized carbons (Fsp3) is 0.312. The van der Waals surface area contributed by atoms with E-state index in [-0.39, 0.29) is 30.5 Å². The van der Waals surface area contributed by atoms with Gasteiger partial charge in [-0.2, -0.15) is 0 Å². The zero-order valence-corrected chi connectivity index (χ0v) is 13.0. The van der Waals surface area contributed by atoms with Crippen molar-refractivity contribution in [3.8, 4) is 0 Å². The third-order valence-corrected chi connectivity index (χ3v) is 3.60. The number of nitrogens with one attached hydrogen (secondary N) is 1. The number of aromatic nitrogens is 1. The lowest BCUT2D eigenvalue weighted by atomic mass is 10.2. The number of halogens is 1. The Balaban J connectivity index is 1.83. The third kappa shape index (κ3) is 4.15. The van der Waals surface area contributed by atoms with E-state index in [2.05, 4.69) is 10.5 Å². The van der Waals surface area contributed by atoms with Gasteiger partial charge in [-0.3, -0.25) is 9.59 Å². The molecule has 0 radical (unpaired) electrons. The molecule has 0 aliphatic heterocycles. The summed E-state index contributed by atoms with van der Waals surface area (Å²) in [5, 5.41) is 6.34. The number of benzene rings is 1. The highest BCUT2D eigenvalue weighted by molar-refractivity contribution is 5.94. The molecule has 1 aromatic heterocycles. The van der Waals surface area contributed by atoms with Crippen LogP contribution >= 0.6 is 0 Å². The molecule has 0 bridgehead atoms. The van der Waals surface area contributed by atoms with Crippen molar-refractivity contribution in [1.29, 1.82) is 0 Å². The van der Waals surface area contributed by atoms with Gasteiger partial charge in [0.15, 0.2) is 0 Å². The molecule has 6 nitrogen and oxygen atoms in total. The Labute approximate surface area is 133 Å². The van der Waals surface area contributed by atoms with Crippen molar-refractivity contribution < 1.29 is 18.5 Å². The first-order chi connectivity index (χ1) is 11.0. The summed E-state index contributed by atoms with van der Waals surface area (Å²) in [5.41, 5.74) is 0.612. The molecule has 2 rings (SSSR count). The molecule has 0 aliphatic carbocycles. The normalized spacial score (nSPS) is 11.8. The van der Waals surface area contributed by atoms with Crippen LogP contribution in [-0.4, -0.2) is 35.5 Å². The van der Waals surface area contributed by atoms with Crippen molar-refractivity contribution in [3.63, 3.8) is 0 Å². The highest BCUT2D eigenvalue weighted by Crippen LogP contribution is 2.17. The molecule has 0 unspecified atom stereocenters. The predicted molar refractivity (Wildman–Crippen MR) is 81.0 cm³/mol. The molecule has 0 spiro atoms. The molecular formula is C16H18FN3O3. The monoisotopic (exact) mass is 319 g/mol. The maximum Gasteiger partial charge on any atom is 0.254 e. The number of carbonyl (C=O) groups excluding carboxylic acids is 2. The molecule has 0 saturated heterocycles. The van der Waals surface area contributed by atoms with Crippen molar-refractivity contribution in [2.75, 3.05) is 13.6 Å². The molecule has 1 atom stereocenters. The highest BCUT2D eigenvalue weighted by Gasteiger charge is 2.19. The van der Waals surface area contributed by atoms with E-state index in [1.54, 1.807) is 19.2 Å². The van der Waals surface area contributed by atoms with E-state index in [0.29, 0.717) is 5.69 Å².